The maximum absolute atomic E-state index is 7.95. The van der Waals surface area contributed by atoms with E-state index < -0.39 is 8.60 Å². The van der Waals surface area contributed by atoms with E-state index >= 15 is 0 Å². The van der Waals surface area contributed by atoms with Crippen molar-refractivity contribution in [3.8, 4) is 0 Å². The molecule has 0 atom stereocenters. The minimum atomic E-state index is -2.10. The molecule has 0 aliphatic heterocycles. The predicted molar refractivity (Wildman–Crippen MR) is 28.7 cm³/mol. The van der Waals surface area contributed by atoms with Crippen LogP contribution in [0.25, 0.3) is 0 Å². The summed E-state index contributed by atoms with van der Waals surface area (Å²) in [4.78, 5) is 15.9. The van der Waals surface area contributed by atoms with Crippen molar-refractivity contribution < 1.29 is 14.3 Å². The summed E-state index contributed by atoms with van der Waals surface area (Å²) in [6, 6.07) is 0. The predicted octanol–water partition coefficient (Wildman–Crippen LogP) is -0.146. The number of hydrogen-bond acceptors (Lipinski definition) is 3. The number of hydrogen-bond donors (Lipinski definition) is 2. The smallest absolute Gasteiger partial charge is 0.327 e. The Kier molecular flexibility index (Phi) is 12.3. The molecule has 0 saturated heterocycles. The van der Waals surface area contributed by atoms with Crippen molar-refractivity contribution in [2.75, 3.05) is 6.61 Å². The Morgan fingerprint density at radius 3 is 2.00 bits per heavy atom. The first kappa shape index (κ1) is 11.4. The molecule has 0 bridgehead atoms. The zero-order valence-electron chi connectivity index (χ0n) is 4.16. The van der Waals surface area contributed by atoms with Gasteiger partial charge in [0.2, 0.25) is 0 Å². The van der Waals surface area contributed by atoms with Gasteiger partial charge in [-0.3, -0.25) is 0 Å². The molecule has 0 aromatic rings. The molecule has 0 unspecified atom stereocenters. The van der Waals surface area contributed by atoms with Crippen LogP contribution in [0.1, 0.15) is 6.92 Å². The van der Waals surface area contributed by atoms with Crippen LogP contribution in [0.3, 0.4) is 0 Å². The van der Waals surface area contributed by atoms with Crippen LogP contribution in [0, 0.1) is 0 Å². The van der Waals surface area contributed by atoms with E-state index in [0.29, 0.717) is 6.61 Å². The fourth-order valence-electron chi connectivity index (χ4n) is 0.115. The van der Waals surface area contributed by atoms with Gasteiger partial charge in [0.25, 0.3) is 0 Å². The summed E-state index contributed by atoms with van der Waals surface area (Å²) in [6.45, 7) is 2.06. The topological polar surface area (TPSA) is 49.7 Å². The van der Waals surface area contributed by atoms with Crippen LogP contribution < -0.4 is 0 Å². The van der Waals surface area contributed by atoms with Gasteiger partial charge in [0.1, 0.15) is 0 Å². The van der Waals surface area contributed by atoms with Gasteiger partial charge in [-0.2, -0.15) is 0 Å². The van der Waals surface area contributed by atoms with Gasteiger partial charge in [-0.25, -0.2) is 0 Å². The summed E-state index contributed by atoms with van der Waals surface area (Å²) in [5.74, 6) is 0. The van der Waals surface area contributed by atoms with Crippen molar-refractivity contribution in [1.82, 2.24) is 0 Å². The van der Waals surface area contributed by atoms with Crippen LogP contribution in [0.5, 0.6) is 0 Å². The van der Waals surface area contributed by atoms with Crippen LogP contribution in [0.2, 0.25) is 0 Å². The average molecular weight is 150 g/mol. The Bertz CT molecular complexity index is 34.1. The molecule has 5 heteroatoms. The largest absolute Gasteiger partial charge is 0.328 e. The van der Waals surface area contributed by atoms with Gasteiger partial charge in [0, 0.05) is 37.7 Å². The summed E-state index contributed by atoms with van der Waals surface area (Å²) in [5, 5.41) is 0. The van der Waals surface area contributed by atoms with Crippen LogP contribution in [0.4, 0.5) is 0 Å². The summed E-state index contributed by atoms with van der Waals surface area (Å²) < 4.78 is 4.22. The van der Waals surface area contributed by atoms with Crippen molar-refractivity contribution in [2.24, 2.45) is 0 Å². The fourth-order valence-corrected chi connectivity index (χ4v) is 0.346. The van der Waals surface area contributed by atoms with Crippen LogP contribution in [-0.4, -0.2) is 54.1 Å². The van der Waals surface area contributed by atoms with Crippen LogP contribution in [-0.2, 0) is 4.52 Å². The van der Waals surface area contributed by atoms with Crippen molar-refractivity contribution in [2.45, 2.75) is 6.92 Å². The van der Waals surface area contributed by atoms with Gasteiger partial charge in [-0.15, -0.1) is 0 Å². The van der Waals surface area contributed by atoms with Gasteiger partial charge >= 0.3 is 8.60 Å². The third kappa shape index (κ3) is 11.2. The monoisotopic (exact) mass is 150 g/mol. The standard InChI is InChI=1S/C2H7O3P.Ca/c1-2-5-6(3)4;/h3-4H,2H2,1H3;. The van der Waals surface area contributed by atoms with Crippen molar-refractivity contribution in [1.29, 1.82) is 0 Å². The molecule has 0 spiro atoms. The van der Waals surface area contributed by atoms with Crippen molar-refractivity contribution >= 4 is 46.3 Å². The Balaban J connectivity index is 0. The first-order chi connectivity index (χ1) is 2.77. The first-order valence-corrected chi connectivity index (χ1v) is 2.74. The second-order valence-corrected chi connectivity index (χ2v) is 1.43. The molecule has 0 amide bonds. The van der Waals surface area contributed by atoms with E-state index in [1.54, 1.807) is 6.92 Å². The second-order valence-electron chi connectivity index (χ2n) is 0.671. The van der Waals surface area contributed by atoms with E-state index in [2.05, 4.69) is 4.52 Å². The van der Waals surface area contributed by atoms with E-state index in [9.17, 15) is 0 Å². The molecule has 7 heavy (non-hydrogen) atoms. The maximum Gasteiger partial charge on any atom is 0.327 e. The van der Waals surface area contributed by atoms with Gasteiger partial charge in [-0.05, 0) is 6.92 Å². The van der Waals surface area contributed by atoms with Crippen molar-refractivity contribution in [3.63, 3.8) is 0 Å². The molecule has 0 fully saturated rings. The summed E-state index contributed by atoms with van der Waals surface area (Å²) in [7, 11) is -2.10. The third-order valence-corrected chi connectivity index (χ3v) is 0.734. The van der Waals surface area contributed by atoms with E-state index in [1.807, 2.05) is 0 Å². The van der Waals surface area contributed by atoms with Gasteiger partial charge in [0.05, 0.1) is 6.61 Å². The molecule has 3 nitrogen and oxygen atoms in total. The molecule has 2 radical (unpaired) electrons. The molecule has 0 rings (SSSR count). The summed E-state index contributed by atoms with van der Waals surface area (Å²) in [6.07, 6.45) is 0. The van der Waals surface area contributed by atoms with E-state index in [1.165, 1.54) is 0 Å². The molecular formula is C2H7CaO3P. The zero-order chi connectivity index (χ0) is 4.99. The average Bonchev–Trinajstić information content (AvgIpc) is 1.35. The van der Waals surface area contributed by atoms with Crippen LogP contribution in [0.15, 0.2) is 0 Å². The number of rotatable bonds is 2. The maximum atomic E-state index is 7.95. The van der Waals surface area contributed by atoms with E-state index in [-0.39, 0.29) is 37.7 Å². The molecule has 40 valence electrons. The summed E-state index contributed by atoms with van der Waals surface area (Å²) in [5.41, 5.74) is 0. The molecule has 2 N–H and O–H groups in total. The van der Waals surface area contributed by atoms with Crippen LogP contribution >= 0.6 is 8.60 Å². The van der Waals surface area contributed by atoms with Crippen molar-refractivity contribution in [3.05, 3.63) is 0 Å². The molecule has 0 aliphatic carbocycles. The Labute approximate surface area is 73.7 Å². The van der Waals surface area contributed by atoms with Gasteiger partial charge in [-0.1, -0.05) is 0 Å². The molecular weight excluding hydrogens is 143 g/mol. The zero-order valence-corrected chi connectivity index (χ0v) is 7.27. The molecule has 0 saturated carbocycles. The molecule has 0 heterocycles. The third-order valence-electron chi connectivity index (χ3n) is 0.245. The molecule has 0 aromatic heterocycles. The van der Waals surface area contributed by atoms with E-state index in [0.717, 1.165) is 0 Å². The SMILES string of the molecule is CCOP(O)O.[Ca]. The van der Waals surface area contributed by atoms with Gasteiger partial charge < -0.3 is 14.3 Å². The fraction of sp³-hybridized carbons (Fsp3) is 1.00. The summed E-state index contributed by atoms with van der Waals surface area (Å²) >= 11 is 0. The normalized spacial score (nSPS) is 8.57. The second kappa shape index (κ2) is 7.57. The van der Waals surface area contributed by atoms with Gasteiger partial charge in [0.15, 0.2) is 0 Å². The Hall–Kier alpha value is 1.57. The Morgan fingerprint density at radius 2 is 2.00 bits per heavy atom. The minimum absolute atomic E-state index is 0. The van der Waals surface area contributed by atoms with E-state index in [4.69, 9.17) is 9.79 Å². The Morgan fingerprint density at radius 1 is 1.57 bits per heavy atom. The molecule has 0 aromatic carbocycles. The molecule has 0 aliphatic rings. The minimum Gasteiger partial charge on any atom is -0.328 e. The quantitative estimate of drug-likeness (QED) is 0.425. The first-order valence-electron chi connectivity index (χ1n) is 1.58.